The molecule has 0 atom stereocenters. The molecule has 0 aromatic heterocycles. The van der Waals surface area contributed by atoms with Gasteiger partial charge in [0.25, 0.3) is 20.2 Å². The molecule has 4 N–H and O–H groups in total. The standard InChI is InChI=1S/C77H94N4O14P2S3/c1-76(2)66-39-18-20-41-68(66)80(50-24-26-53-99(86,87)88)70(76)45-43-64-37-28-38-65(44-46-71-77(3,4)67-40-19-21-42-69(67)81(71)51-25-27-54-100(89,90)91)75(64)98-52-47-72(82)78-48-22-9-23-49-79-73(83)55-74(96(84,92-56-60-29-10-5-11-30-60)93-57-61-31-12-6-13-32-61)97(85,94-58-62-33-14-7-15-34-62)95-59-63-35-16-8-17-36-63/h5-8,10-21,29-36,39-46,74H,9,22-28,37-38,47-59H2,1-4H3,(H3-,78,79,82,83,86,87,88,89,90,91)/p+1. The summed E-state index contributed by atoms with van der Waals surface area (Å²) < 4.78 is 125. The first-order valence-corrected chi connectivity index (χ1v) is 41.8. The van der Waals surface area contributed by atoms with Gasteiger partial charge in [0, 0.05) is 77.6 Å². The highest BCUT2D eigenvalue weighted by molar-refractivity contribution is 8.03. The fraction of sp³-hybridized carbons (Fsp3) is 0.390. The summed E-state index contributed by atoms with van der Waals surface area (Å²) in [5.74, 6) is -0.790. The Morgan fingerprint density at radius 3 is 1.58 bits per heavy atom. The Hall–Kier alpha value is -6.84. The molecule has 0 saturated carbocycles. The first kappa shape index (κ1) is 77.3. The van der Waals surface area contributed by atoms with E-state index < -0.39 is 53.2 Å². The van der Waals surface area contributed by atoms with Gasteiger partial charge in [0.2, 0.25) is 17.5 Å². The first-order chi connectivity index (χ1) is 47.9. The number of fused-ring (bicyclic) bond motifs is 2. The fourth-order valence-electron chi connectivity index (χ4n) is 12.9. The van der Waals surface area contributed by atoms with Crippen molar-refractivity contribution in [2.45, 2.75) is 147 Å². The van der Waals surface area contributed by atoms with E-state index in [0.717, 1.165) is 69.2 Å². The van der Waals surface area contributed by atoms with Crippen LogP contribution in [0, 0.1) is 0 Å². The average molecular weight is 1460 g/mol. The predicted molar refractivity (Wildman–Crippen MR) is 399 cm³/mol. The van der Waals surface area contributed by atoms with Gasteiger partial charge >= 0.3 is 15.2 Å². The van der Waals surface area contributed by atoms with E-state index in [1.165, 1.54) is 0 Å². The number of unbranched alkanes of at least 4 members (excludes halogenated alkanes) is 4. The van der Waals surface area contributed by atoms with Gasteiger partial charge in [-0.1, -0.05) is 184 Å². The number of nitrogens with zero attached hydrogens (tertiary/aromatic N) is 2. The number of carbonyl (C=O) groups excluding carboxylic acids is 2. The zero-order valence-corrected chi connectivity index (χ0v) is 61.9. The molecule has 6 aromatic rings. The van der Waals surface area contributed by atoms with Crippen molar-refractivity contribution in [3.8, 4) is 0 Å². The lowest BCUT2D eigenvalue weighted by Gasteiger charge is -2.32. The monoisotopic (exact) mass is 1460 g/mol. The summed E-state index contributed by atoms with van der Waals surface area (Å²) in [6.45, 7) is 9.80. The molecule has 23 heteroatoms. The van der Waals surface area contributed by atoms with Crippen molar-refractivity contribution in [3.63, 3.8) is 0 Å². The number of thioether (sulfide) groups is 1. The molecule has 9 rings (SSSR count). The minimum absolute atomic E-state index is 0.101. The van der Waals surface area contributed by atoms with Crippen LogP contribution in [0.2, 0.25) is 0 Å². The Morgan fingerprint density at radius 1 is 0.570 bits per heavy atom. The number of hydrogen-bond acceptors (Lipinski definition) is 14. The van der Waals surface area contributed by atoms with Gasteiger partial charge in [0.1, 0.15) is 6.54 Å². The molecule has 2 amide bonds. The zero-order chi connectivity index (χ0) is 71.2. The smallest absolute Gasteiger partial charge is 0.347 e. The van der Waals surface area contributed by atoms with Crippen LogP contribution in [0.3, 0.4) is 0 Å². The molecule has 2 heterocycles. The van der Waals surface area contributed by atoms with Crippen LogP contribution in [0.4, 0.5) is 11.4 Å². The third-order valence-corrected chi connectivity index (χ3v) is 26.5. The minimum atomic E-state index is -4.60. The second kappa shape index (κ2) is 36.3. The topological polar surface area (TPSA) is 244 Å². The molecule has 0 spiro atoms. The number of amides is 2. The number of anilines is 1. The second-order valence-electron chi connectivity index (χ2n) is 26.4. The van der Waals surface area contributed by atoms with Crippen molar-refractivity contribution in [2.24, 2.45) is 0 Å². The van der Waals surface area contributed by atoms with Crippen molar-refractivity contribution in [3.05, 3.63) is 249 Å². The fourth-order valence-corrected chi connectivity index (χ4v) is 20.3. The summed E-state index contributed by atoms with van der Waals surface area (Å²) in [5.41, 5.74) is 10.8. The van der Waals surface area contributed by atoms with Crippen molar-refractivity contribution in [1.82, 2.24) is 10.6 Å². The molecular formula is C77H95N4O14P2S3+. The van der Waals surface area contributed by atoms with Gasteiger partial charge in [0.15, 0.2) is 11.1 Å². The van der Waals surface area contributed by atoms with Crippen LogP contribution in [0.15, 0.2) is 216 Å². The highest BCUT2D eigenvalue weighted by Gasteiger charge is 2.53. The van der Waals surface area contributed by atoms with Crippen LogP contribution in [-0.4, -0.2) is 96.9 Å². The molecule has 2 aliphatic heterocycles. The lowest BCUT2D eigenvalue weighted by atomic mass is 9.81. The molecular weight excluding hydrogens is 1360 g/mol. The summed E-state index contributed by atoms with van der Waals surface area (Å²) in [6.07, 6.45) is 14.5. The van der Waals surface area contributed by atoms with Crippen molar-refractivity contribution in [1.29, 1.82) is 0 Å². The van der Waals surface area contributed by atoms with Crippen LogP contribution in [0.5, 0.6) is 0 Å². The van der Waals surface area contributed by atoms with Gasteiger partial charge in [-0.3, -0.25) is 27.8 Å². The summed E-state index contributed by atoms with van der Waals surface area (Å²) in [7, 11) is -17.4. The van der Waals surface area contributed by atoms with Crippen LogP contribution in [-0.2, 0) is 94.3 Å². The summed E-state index contributed by atoms with van der Waals surface area (Å²) in [6, 6.07) is 52.9. The average Bonchev–Trinajstić information content (AvgIpc) is 1.59. The van der Waals surface area contributed by atoms with Gasteiger partial charge in [0.05, 0.1) is 49.8 Å². The number of rotatable bonds is 39. The maximum atomic E-state index is 15.7. The largest absolute Gasteiger partial charge is 0.356 e. The molecule has 3 aliphatic rings. The molecule has 18 nitrogen and oxygen atoms in total. The van der Waals surface area contributed by atoms with Gasteiger partial charge in [-0.15, -0.1) is 11.8 Å². The summed E-state index contributed by atoms with van der Waals surface area (Å²) in [5, 5.41) is 4.36. The molecule has 0 saturated heterocycles. The number of nitrogens with one attached hydrogen (secondary N) is 2. The first-order valence-electron chi connectivity index (χ1n) is 34.4. The molecule has 1 aliphatic carbocycles. The molecule has 100 heavy (non-hydrogen) atoms. The van der Waals surface area contributed by atoms with Crippen LogP contribution >= 0.6 is 27.0 Å². The van der Waals surface area contributed by atoms with E-state index in [2.05, 4.69) is 96.4 Å². The van der Waals surface area contributed by atoms with Gasteiger partial charge in [-0.05, 0) is 123 Å². The number of benzene rings is 6. The van der Waals surface area contributed by atoms with Crippen molar-refractivity contribution in [2.75, 3.05) is 48.3 Å². The minimum Gasteiger partial charge on any atom is -0.356 e. The SMILES string of the molecule is CC1(C)C(=C/C=C2/CCCC(C=CC3=[N+](CCCCS(=O)(=O)O)c4ccccc4C3(C)C)=C2SCCC(=O)NCCCCCNC(=O)CC(P(=O)(OCc2ccccc2)OCc2ccccc2)P(=O)(OCc2ccccc2)OCc2ccccc2)N(CCCCS(=O)(=O)O)c2ccccc21. The van der Waals surface area contributed by atoms with Crippen molar-refractivity contribution >= 4 is 76.1 Å². The second-order valence-corrected chi connectivity index (χ2v) is 35.5. The quantitative estimate of drug-likeness (QED) is 0.0121. The van der Waals surface area contributed by atoms with E-state index in [1.54, 1.807) is 60.3 Å². The number of carbonyl (C=O) groups is 2. The molecule has 0 fully saturated rings. The summed E-state index contributed by atoms with van der Waals surface area (Å²) in [4.78, 5) is 31.4. The number of para-hydroxylation sites is 2. The molecule has 0 radical (unpaired) electrons. The Bertz CT molecular complexity index is 4050. The van der Waals surface area contributed by atoms with E-state index in [0.29, 0.717) is 92.6 Å². The Morgan fingerprint density at radius 2 is 1.05 bits per heavy atom. The normalized spacial score (nSPS) is 16.2. The predicted octanol–water partition coefficient (Wildman–Crippen LogP) is 16.5. The van der Waals surface area contributed by atoms with Gasteiger partial charge in [-0.25, -0.2) is 0 Å². The van der Waals surface area contributed by atoms with Crippen molar-refractivity contribution < 1.29 is 67.3 Å². The van der Waals surface area contributed by atoms with Crippen LogP contribution in [0.1, 0.15) is 138 Å². The van der Waals surface area contributed by atoms with Gasteiger partial charge in [-0.2, -0.15) is 21.4 Å². The third kappa shape index (κ3) is 22.1. The number of hydrogen-bond donors (Lipinski definition) is 4. The maximum absolute atomic E-state index is 15.7. The van der Waals surface area contributed by atoms with Crippen LogP contribution < -0.4 is 15.5 Å². The van der Waals surface area contributed by atoms with Crippen LogP contribution in [0.25, 0.3) is 0 Å². The van der Waals surface area contributed by atoms with E-state index in [4.69, 9.17) is 18.1 Å². The van der Waals surface area contributed by atoms with Gasteiger partial charge < -0.3 is 33.6 Å². The lowest BCUT2D eigenvalue weighted by molar-refractivity contribution is -0.438. The van der Waals surface area contributed by atoms with E-state index in [-0.39, 0.29) is 67.6 Å². The Kier molecular flexibility index (Phi) is 28.1. The number of allylic oxidation sites excluding steroid dienone is 7. The van der Waals surface area contributed by atoms with E-state index in [9.17, 15) is 35.5 Å². The van der Waals surface area contributed by atoms with E-state index >= 15 is 9.13 Å². The third-order valence-electron chi connectivity index (χ3n) is 18.2. The van der Waals surface area contributed by atoms with E-state index in [1.807, 2.05) is 97.1 Å². The zero-order valence-electron chi connectivity index (χ0n) is 57.6. The maximum Gasteiger partial charge on any atom is 0.347 e. The molecule has 0 bridgehead atoms. The Balaban J connectivity index is 0.880. The molecule has 0 unspecified atom stereocenters. The highest BCUT2D eigenvalue weighted by Crippen LogP contribution is 2.72. The molecule has 534 valence electrons. The highest BCUT2D eigenvalue weighted by atomic mass is 32.2. The summed E-state index contributed by atoms with van der Waals surface area (Å²) >= 11 is 1.65. The molecule has 6 aromatic carbocycles. The lowest BCUT2D eigenvalue weighted by Crippen LogP contribution is -2.30. The Labute approximate surface area is 595 Å².